The summed E-state index contributed by atoms with van der Waals surface area (Å²) in [6.07, 6.45) is 3.84. The van der Waals surface area contributed by atoms with Gasteiger partial charge in [0.25, 0.3) is 0 Å². The maximum absolute atomic E-state index is 13.2. The fraction of sp³-hybridized carbons (Fsp3) is 0.462. The van der Waals surface area contributed by atoms with E-state index in [-0.39, 0.29) is 41.4 Å². The number of aromatic nitrogens is 2. The number of anilines is 2. The monoisotopic (exact) mass is 521 g/mol. The van der Waals surface area contributed by atoms with E-state index in [1.54, 1.807) is 12.0 Å². The number of fused-ring (bicyclic) bond motifs is 1. The molecule has 1 fully saturated rings. The third-order valence-electron chi connectivity index (χ3n) is 6.68. The van der Waals surface area contributed by atoms with E-state index in [1.807, 2.05) is 31.1 Å². The Morgan fingerprint density at radius 1 is 1.34 bits per heavy atom. The molecule has 4 rings (SSSR count). The van der Waals surface area contributed by atoms with Gasteiger partial charge in [-0.1, -0.05) is 0 Å². The van der Waals surface area contributed by atoms with Gasteiger partial charge >= 0.3 is 6.03 Å². The van der Waals surface area contributed by atoms with Crippen LogP contribution in [0.1, 0.15) is 40.0 Å². The Bertz CT molecular complexity index is 1260. The summed E-state index contributed by atoms with van der Waals surface area (Å²) in [5, 5.41) is 12.1. The minimum absolute atomic E-state index is 0.0414. The molecule has 2 aromatic heterocycles. The second-order valence-corrected chi connectivity index (χ2v) is 9.43. The first-order chi connectivity index (χ1) is 18.3. The molecule has 12 heteroatoms. The Hall–Kier alpha value is -4.08. The number of likely N-dealkylation sites (tertiary alicyclic amines) is 1. The Kier molecular flexibility index (Phi) is 8.50. The number of aryl methyl sites for hydroxylation is 1. The number of hydrogen-bond acceptors (Lipinski definition) is 9. The van der Waals surface area contributed by atoms with Crippen molar-refractivity contribution in [2.24, 2.45) is 0 Å². The van der Waals surface area contributed by atoms with Crippen LogP contribution in [0.2, 0.25) is 0 Å². The standard InChI is InChI=1S/C26H31N7O5/c1-31(2)20-10-24(35)32(15-20)14-18-9-17-5-4-6-33(25(17)29-21(18)16-34)26(36)30-23-11-22(38-8-7-37-3)19(12-27)13-28-23/h9,11,13,16,20H,4-8,10,14-15H2,1-3H3,(H,28,30,36). The largest absolute Gasteiger partial charge is 0.490 e. The maximum Gasteiger partial charge on any atom is 0.328 e. The van der Waals surface area contributed by atoms with Gasteiger partial charge in [0, 0.05) is 50.8 Å². The average Bonchev–Trinajstić information content (AvgIpc) is 3.28. The fourth-order valence-electron chi connectivity index (χ4n) is 4.56. The topological polar surface area (TPSA) is 141 Å². The number of nitriles is 1. The molecule has 38 heavy (non-hydrogen) atoms. The van der Waals surface area contributed by atoms with Gasteiger partial charge in [0.1, 0.15) is 41.3 Å². The number of nitrogens with one attached hydrogen (secondary N) is 1. The number of likely N-dealkylation sites (N-methyl/N-ethyl adjacent to an activating group) is 1. The average molecular weight is 522 g/mol. The van der Waals surface area contributed by atoms with E-state index in [4.69, 9.17) is 9.47 Å². The highest BCUT2D eigenvalue weighted by Crippen LogP contribution is 2.29. The molecule has 0 saturated carbocycles. The molecule has 1 saturated heterocycles. The number of nitrogens with zero attached hydrogens (tertiary/aromatic N) is 6. The minimum atomic E-state index is -0.466. The third kappa shape index (κ3) is 5.90. The first-order valence-corrected chi connectivity index (χ1v) is 12.4. The summed E-state index contributed by atoms with van der Waals surface area (Å²) in [7, 11) is 5.44. The van der Waals surface area contributed by atoms with Crippen LogP contribution in [0.5, 0.6) is 5.75 Å². The molecule has 2 aliphatic rings. The number of ether oxygens (including phenoxy) is 2. The molecule has 3 amide bonds. The quantitative estimate of drug-likeness (QED) is 0.386. The Balaban J connectivity index is 1.53. The predicted molar refractivity (Wildman–Crippen MR) is 138 cm³/mol. The summed E-state index contributed by atoms with van der Waals surface area (Å²) in [6, 6.07) is 5.04. The van der Waals surface area contributed by atoms with Crippen molar-refractivity contribution < 1.29 is 23.9 Å². The Labute approximate surface area is 221 Å². The molecule has 12 nitrogen and oxygen atoms in total. The highest BCUT2D eigenvalue weighted by molar-refractivity contribution is 6.01. The van der Waals surface area contributed by atoms with Crippen LogP contribution in [0, 0.1) is 11.3 Å². The van der Waals surface area contributed by atoms with Gasteiger partial charge in [-0.25, -0.2) is 14.8 Å². The van der Waals surface area contributed by atoms with Crippen LogP contribution in [-0.2, 0) is 22.5 Å². The van der Waals surface area contributed by atoms with Crippen LogP contribution >= 0.6 is 0 Å². The van der Waals surface area contributed by atoms with E-state index in [9.17, 15) is 19.6 Å². The summed E-state index contributed by atoms with van der Waals surface area (Å²) in [5.41, 5.74) is 1.94. The third-order valence-corrected chi connectivity index (χ3v) is 6.68. The minimum Gasteiger partial charge on any atom is -0.490 e. The first kappa shape index (κ1) is 27.0. The van der Waals surface area contributed by atoms with E-state index in [0.29, 0.717) is 63.2 Å². The Morgan fingerprint density at radius 2 is 2.16 bits per heavy atom. The van der Waals surface area contributed by atoms with Crippen molar-refractivity contribution in [2.45, 2.75) is 31.8 Å². The molecule has 1 N–H and O–H groups in total. The summed E-state index contributed by atoms with van der Waals surface area (Å²) in [4.78, 5) is 51.7. The van der Waals surface area contributed by atoms with Gasteiger partial charge in [-0.15, -0.1) is 0 Å². The number of amides is 3. The molecule has 2 aliphatic heterocycles. The number of pyridine rings is 2. The summed E-state index contributed by atoms with van der Waals surface area (Å²) < 4.78 is 10.6. The van der Waals surface area contributed by atoms with Crippen molar-refractivity contribution in [2.75, 3.05) is 57.7 Å². The molecular formula is C26H31N7O5. The summed E-state index contributed by atoms with van der Waals surface area (Å²) in [5.74, 6) is 0.945. The zero-order valence-electron chi connectivity index (χ0n) is 21.8. The van der Waals surface area contributed by atoms with Crippen molar-refractivity contribution in [3.63, 3.8) is 0 Å². The van der Waals surface area contributed by atoms with Crippen molar-refractivity contribution in [1.82, 2.24) is 19.8 Å². The van der Waals surface area contributed by atoms with Gasteiger partial charge in [-0.3, -0.25) is 19.8 Å². The molecule has 4 heterocycles. The predicted octanol–water partition coefficient (Wildman–Crippen LogP) is 1.83. The van der Waals surface area contributed by atoms with E-state index in [0.717, 1.165) is 5.56 Å². The fourth-order valence-corrected chi connectivity index (χ4v) is 4.56. The highest BCUT2D eigenvalue weighted by Gasteiger charge is 2.32. The lowest BCUT2D eigenvalue weighted by atomic mass is 10.0. The van der Waals surface area contributed by atoms with Crippen LogP contribution in [0.25, 0.3) is 0 Å². The second kappa shape index (κ2) is 12.0. The van der Waals surface area contributed by atoms with Gasteiger partial charge in [0.15, 0.2) is 6.29 Å². The van der Waals surface area contributed by atoms with E-state index in [1.165, 1.54) is 17.2 Å². The smallest absolute Gasteiger partial charge is 0.328 e. The number of methoxy groups -OCH3 is 1. The van der Waals surface area contributed by atoms with Crippen molar-refractivity contribution in [3.05, 3.63) is 40.7 Å². The molecule has 1 unspecified atom stereocenters. The SMILES string of the molecule is COCCOc1cc(NC(=O)N2CCCc3cc(CN4CC(N(C)C)CC4=O)c(C=O)nc32)ncc1C#N. The molecule has 2 aromatic rings. The molecule has 0 radical (unpaired) electrons. The number of hydrogen-bond donors (Lipinski definition) is 1. The van der Waals surface area contributed by atoms with E-state index < -0.39 is 6.03 Å². The van der Waals surface area contributed by atoms with E-state index in [2.05, 4.69) is 15.3 Å². The highest BCUT2D eigenvalue weighted by atomic mass is 16.5. The lowest BCUT2D eigenvalue weighted by Gasteiger charge is -2.29. The van der Waals surface area contributed by atoms with Crippen LogP contribution < -0.4 is 15.0 Å². The van der Waals surface area contributed by atoms with Gasteiger partial charge in [0.2, 0.25) is 5.91 Å². The van der Waals surface area contributed by atoms with Gasteiger partial charge < -0.3 is 19.3 Å². The van der Waals surface area contributed by atoms with Crippen LogP contribution in [0.15, 0.2) is 18.3 Å². The first-order valence-electron chi connectivity index (χ1n) is 12.4. The van der Waals surface area contributed by atoms with Gasteiger partial charge in [0.05, 0.1) is 12.8 Å². The van der Waals surface area contributed by atoms with Crippen molar-refractivity contribution >= 4 is 29.9 Å². The van der Waals surface area contributed by atoms with Crippen LogP contribution in [0.3, 0.4) is 0 Å². The maximum atomic E-state index is 13.2. The zero-order chi connectivity index (χ0) is 27.2. The lowest BCUT2D eigenvalue weighted by molar-refractivity contribution is -0.128. The zero-order valence-corrected chi connectivity index (χ0v) is 21.8. The molecule has 0 spiro atoms. The molecular weight excluding hydrogens is 490 g/mol. The Morgan fingerprint density at radius 3 is 2.84 bits per heavy atom. The number of urea groups is 1. The molecule has 0 bridgehead atoms. The number of aldehydes is 1. The summed E-state index contributed by atoms with van der Waals surface area (Å²) >= 11 is 0. The van der Waals surface area contributed by atoms with Crippen LogP contribution in [-0.4, -0.2) is 91.5 Å². The normalized spacial score (nSPS) is 16.8. The van der Waals surface area contributed by atoms with Gasteiger partial charge in [-0.05, 0) is 38.6 Å². The summed E-state index contributed by atoms with van der Waals surface area (Å²) in [6.45, 7) is 1.87. The molecule has 0 aliphatic carbocycles. The molecule has 1 atom stereocenters. The van der Waals surface area contributed by atoms with E-state index >= 15 is 0 Å². The lowest BCUT2D eigenvalue weighted by Crippen LogP contribution is -2.40. The number of carbonyl (C=O) groups excluding carboxylic acids is 3. The molecule has 0 aromatic carbocycles. The van der Waals surface area contributed by atoms with Crippen molar-refractivity contribution in [3.8, 4) is 11.8 Å². The van der Waals surface area contributed by atoms with Crippen molar-refractivity contribution in [1.29, 1.82) is 5.26 Å². The molecule has 200 valence electrons. The second-order valence-electron chi connectivity index (χ2n) is 9.43. The number of rotatable bonds is 9. The van der Waals surface area contributed by atoms with Gasteiger partial charge in [-0.2, -0.15) is 5.26 Å². The van der Waals surface area contributed by atoms with Crippen LogP contribution in [0.4, 0.5) is 16.4 Å². The number of carbonyl (C=O) groups is 3.